The molecule has 18 heavy (non-hydrogen) atoms. The molecule has 0 heterocycles. The van der Waals surface area contributed by atoms with Crippen LogP contribution >= 0.6 is 27.5 Å². The standard InChI is InChI=1S/C12H13BrClNO3/c1-7-3-4-8(10(14)5-7)11(16)15-6-9(13)12(17)18-2/h3-5,9H,6H2,1-2H3,(H,15,16). The molecule has 1 rings (SSSR count). The highest BCUT2D eigenvalue weighted by atomic mass is 79.9. The van der Waals surface area contributed by atoms with Gasteiger partial charge in [0.05, 0.1) is 17.7 Å². The Morgan fingerprint density at radius 3 is 2.72 bits per heavy atom. The molecule has 1 unspecified atom stereocenters. The Kier molecular flexibility index (Phi) is 5.62. The van der Waals surface area contributed by atoms with Gasteiger partial charge in [0.2, 0.25) is 0 Å². The Hall–Kier alpha value is -1.07. The number of hydrogen-bond acceptors (Lipinski definition) is 3. The van der Waals surface area contributed by atoms with Crippen molar-refractivity contribution < 1.29 is 14.3 Å². The first-order chi connectivity index (χ1) is 8.45. The minimum atomic E-state index is -0.573. The minimum Gasteiger partial charge on any atom is -0.468 e. The molecular weight excluding hydrogens is 321 g/mol. The van der Waals surface area contributed by atoms with Gasteiger partial charge in [0, 0.05) is 6.54 Å². The number of alkyl halides is 1. The summed E-state index contributed by atoms with van der Waals surface area (Å²) in [5, 5.41) is 2.99. The highest BCUT2D eigenvalue weighted by Crippen LogP contribution is 2.17. The quantitative estimate of drug-likeness (QED) is 0.679. The van der Waals surface area contributed by atoms with Crippen LogP contribution in [0.4, 0.5) is 0 Å². The molecular formula is C12H13BrClNO3. The largest absolute Gasteiger partial charge is 0.468 e. The highest BCUT2D eigenvalue weighted by molar-refractivity contribution is 9.10. The fraction of sp³-hybridized carbons (Fsp3) is 0.333. The van der Waals surface area contributed by atoms with E-state index in [2.05, 4.69) is 26.0 Å². The second kappa shape index (κ2) is 6.75. The van der Waals surface area contributed by atoms with Crippen LogP contribution in [0.1, 0.15) is 15.9 Å². The zero-order valence-electron chi connectivity index (χ0n) is 10.00. The molecule has 0 spiro atoms. The molecule has 0 saturated carbocycles. The number of rotatable bonds is 4. The van der Waals surface area contributed by atoms with E-state index >= 15 is 0 Å². The maximum Gasteiger partial charge on any atom is 0.321 e. The number of halogens is 2. The minimum absolute atomic E-state index is 0.135. The van der Waals surface area contributed by atoms with E-state index in [-0.39, 0.29) is 12.5 Å². The van der Waals surface area contributed by atoms with E-state index in [0.29, 0.717) is 10.6 Å². The van der Waals surface area contributed by atoms with E-state index < -0.39 is 10.8 Å². The van der Waals surface area contributed by atoms with E-state index in [1.807, 2.05) is 6.92 Å². The van der Waals surface area contributed by atoms with Gasteiger partial charge in [-0.05, 0) is 24.6 Å². The summed E-state index contributed by atoms with van der Waals surface area (Å²) < 4.78 is 4.53. The summed E-state index contributed by atoms with van der Waals surface area (Å²) in [6.07, 6.45) is 0. The van der Waals surface area contributed by atoms with Gasteiger partial charge in [-0.25, -0.2) is 0 Å². The zero-order chi connectivity index (χ0) is 13.7. The number of amides is 1. The van der Waals surface area contributed by atoms with Crippen molar-refractivity contribution in [2.24, 2.45) is 0 Å². The van der Waals surface area contributed by atoms with Crippen molar-refractivity contribution in [1.29, 1.82) is 0 Å². The molecule has 0 aromatic heterocycles. The average molecular weight is 335 g/mol. The SMILES string of the molecule is COC(=O)C(Br)CNC(=O)c1ccc(C)cc1Cl. The topological polar surface area (TPSA) is 55.4 Å². The normalized spacial score (nSPS) is 11.8. The fourth-order valence-electron chi connectivity index (χ4n) is 1.29. The molecule has 0 saturated heterocycles. The summed E-state index contributed by atoms with van der Waals surface area (Å²) >= 11 is 9.08. The number of carbonyl (C=O) groups excluding carboxylic acids is 2. The van der Waals surface area contributed by atoms with E-state index in [4.69, 9.17) is 11.6 Å². The molecule has 6 heteroatoms. The van der Waals surface area contributed by atoms with Gasteiger partial charge in [-0.1, -0.05) is 33.6 Å². The molecule has 1 aromatic rings. The number of esters is 1. The smallest absolute Gasteiger partial charge is 0.321 e. The first-order valence-corrected chi connectivity index (χ1v) is 6.51. The summed E-state index contributed by atoms with van der Waals surface area (Å²) in [6.45, 7) is 2.02. The monoisotopic (exact) mass is 333 g/mol. The summed E-state index contributed by atoms with van der Waals surface area (Å²) in [7, 11) is 1.29. The van der Waals surface area contributed by atoms with Crippen molar-refractivity contribution in [1.82, 2.24) is 5.32 Å². The molecule has 1 N–H and O–H groups in total. The average Bonchev–Trinajstić information content (AvgIpc) is 2.34. The molecule has 0 radical (unpaired) electrons. The Balaban J connectivity index is 2.63. The van der Waals surface area contributed by atoms with Crippen LogP contribution in [0.15, 0.2) is 18.2 Å². The first kappa shape index (κ1) is 15.0. The van der Waals surface area contributed by atoms with Gasteiger partial charge in [0.15, 0.2) is 0 Å². The third-order valence-corrected chi connectivity index (χ3v) is 3.28. The number of ether oxygens (including phenoxy) is 1. The van der Waals surface area contributed by atoms with Crippen molar-refractivity contribution in [3.8, 4) is 0 Å². The van der Waals surface area contributed by atoms with Crippen molar-refractivity contribution in [2.45, 2.75) is 11.8 Å². The predicted octanol–water partition coefficient (Wildman–Crippen LogP) is 2.31. The van der Waals surface area contributed by atoms with Gasteiger partial charge in [-0.15, -0.1) is 0 Å². The lowest BCUT2D eigenvalue weighted by molar-refractivity contribution is -0.139. The number of methoxy groups -OCH3 is 1. The maximum absolute atomic E-state index is 11.8. The third kappa shape index (κ3) is 3.99. The van der Waals surface area contributed by atoms with Crippen molar-refractivity contribution in [3.63, 3.8) is 0 Å². The van der Waals surface area contributed by atoms with Crippen LogP contribution < -0.4 is 5.32 Å². The lowest BCUT2D eigenvalue weighted by Crippen LogP contribution is -2.34. The van der Waals surface area contributed by atoms with E-state index in [1.165, 1.54) is 7.11 Å². The summed E-state index contributed by atoms with van der Waals surface area (Å²) in [6, 6.07) is 5.16. The van der Waals surface area contributed by atoms with Gasteiger partial charge in [-0.3, -0.25) is 9.59 Å². The van der Waals surface area contributed by atoms with Crippen LogP contribution in [0.2, 0.25) is 5.02 Å². The van der Waals surface area contributed by atoms with E-state index in [0.717, 1.165) is 5.56 Å². The molecule has 0 aliphatic heterocycles. The van der Waals surface area contributed by atoms with Crippen LogP contribution in [-0.2, 0) is 9.53 Å². The molecule has 0 fully saturated rings. The van der Waals surface area contributed by atoms with Crippen LogP contribution in [-0.4, -0.2) is 30.4 Å². The molecule has 0 aliphatic rings. The highest BCUT2D eigenvalue weighted by Gasteiger charge is 2.17. The van der Waals surface area contributed by atoms with Gasteiger partial charge in [-0.2, -0.15) is 0 Å². The Bertz CT molecular complexity index is 465. The maximum atomic E-state index is 11.8. The van der Waals surface area contributed by atoms with Crippen molar-refractivity contribution in [2.75, 3.05) is 13.7 Å². The third-order valence-electron chi connectivity index (χ3n) is 2.27. The summed E-state index contributed by atoms with van der Waals surface area (Å²) in [5.41, 5.74) is 1.36. The predicted molar refractivity (Wildman–Crippen MR) is 73.3 cm³/mol. The number of nitrogens with one attached hydrogen (secondary N) is 1. The molecule has 4 nitrogen and oxygen atoms in total. The molecule has 1 aromatic carbocycles. The van der Waals surface area contributed by atoms with Gasteiger partial charge >= 0.3 is 5.97 Å². The second-order valence-electron chi connectivity index (χ2n) is 3.68. The molecule has 98 valence electrons. The first-order valence-electron chi connectivity index (χ1n) is 5.22. The second-order valence-corrected chi connectivity index (χ2v) is 5.20. The van der Waals surface area contributed by atoms with Crippen LogP contribution in [0, 0.1) is 6.92 Å². The van der Waals surface area contributed by atoms with Crippen LogP contribution in [0.3, 0.4) is 0 Å². The van der Waals surface area contributed by atoms with Gasteiger partial charge < -0.3 is 10.1 Å². The number of carbonyl (C=O) groups is 2. The lowest BCUT2D eigenvalue weighted by atomic mass is 10.1. The van der Waals surface area contributed by atoms with E-state index in [9.17, 15) is 9.59 Å². The number of benzene rings is 1. The summed E-state index contributed by atoms with van der Waals surface area (Å²) in [4.78, 5) is 22.4. The molecule has 1 atom stereocenters. The van der Waals surface area contributed by atoms with Crippen molar-refractivity contribution in [3.05, 3.63) is 34.3 Å². The Morgan fingerprint density at radius 2 is 2.17 bits per heavy atom. The van der Waals surface area contributed by atoms with Crippen molar-refractivity contribution >= 4 is 39.4 Å². The Morgan fingerprint density at radius 1 is 1.50 bits per heavy atom. The fourth-order valence-corrected chi connectivity index (χ4v) is 1.96. The number of aryl methyl sites for hydroxylation is 1. The molecule has 1 amide bonds. The van der Waals surface area contributed by atoms with Crippen LogP contribution in [0.5, 0.6) is 0 Å². The summed E-state index contributed by atoms with van der Waals surface area (Å²) in [5.74, 6) is -0.765. The van der Waals surface area contributed by atoms with Gasteiger partial charge in [0.1, 0.15) is 4.83 Å². The zero-order valence-corrected chi connectivity index (χ0v) is 12.3. The molecule has 0 aliphatic carbocycles. The molecule has 0 bridgehead atoms. The number of hydrogen-bond donors (Lipinski definition) is 1. The van der Waals surface area contributed by atoms with Crippen LogP contribution in [0.25, 0.3) is 0 Å². The lowest BCUT2D eigenvalue weighted by Gasteiger charge is -2.10. The Labute approximate surface area is 119 Å². The van der Waals surface area contributed by atoms with E-state index in [1.54, 1.807) is 18.2 Å². The van der Waals surface area contributed by atoms with Gasteiger partial charge in [0.25, 0.3) is 5.91 Å².